The molecule has 0 bridgehead atoms. The van der Waals surface area contributed by atoms with E-state index in [0.717, 1.165) is 5.69 Å². The Kier molecular flexibility index (Phi) is 5.59. The number of nitrogens with zero attached hydrogens (tertiary/aromatic N) is 1. The molecule has 2 aromatic rings. The average Bonchev–Trinajstić information content (AvgIpc) is 2.67. The van der Waals surface area contributed by atoms with Crippen LogP contribution in [-0.2, 0) is 4.74 Å². The number of ketones is 1. The van der Waals surface area contributed by atoms with Crippen molar-refractivity contribution in [1.82, 2.24) is 4.98 Å². The zero-order valence-corrected chi connectivity index (χ0v) is 14.5. The molecule has 130 valence electrons. The quantitative estimate of drug-likeness (QED) is 0.596. The highest BCUT2D eigenvalue weighted by Gasteiger charge is 2.16. The van der Waals surface area contributed by atoms with Gasteiger partial charge in [-0.3, -0.25) is 9.78 Å². The van der Waals surface area contributed by atoms with E-state index in [4.69, 9.17) is 4.74 Å². The Labute approximate surface area is 148 Å². The second-order valence-electron chi connectivity index (χ2n) is 6.64. The number of hydrogen-bond donors (Lipinski definition) is 0. The summed E-state index contributed by atoms with van der Waals surface area (Å²) in [6.07, 6.45) is 7.82. The van der Waals surface area contributed by atoms with Gasteiger partial charge in [-0.05, 0) is 43.4 Å². The summed E-state index contributed by atoms with van der Waals surface area (Å²) < 4.78 is 5.10. The Morgan fingerprint density at radius 3 is 2.32 bits per heavy atom. The third kappa shape index (κ3) is 4.53. The third-order valence-electron chi connectivity index (χ3n) is 4.79. The molecule has 0 atom stereocenters. The van der Waals surface area contributed by atoms with Gasteiger partial charge >= 0.3 is 5.97 Å². The maximum atomic E-state index is 12.2. The first-order valence-electron chi connectivity index (χ1n) is 8.86. The zero-order valence-electron chi connectivity index (χ0n) is 14.5. The van der Waals surface area contributed by atoms with E-state index in [9.17, 15) is 9.59 Å². The van der Waals surface area contributed by atoms with Crippen LogP contribution in [0.1, 0.15) is 70.0 Å². The topological polar surface area (TPSA) is 56.3 Å². The summed E-state index contributed by atoms with van der Waals surface area (Å²) in [4.78, 5) is 28.2. The Balaban J connectivity index is 1.55. The first-order chi connectivity index (χ1) is 12.1. The molecule has 1 fully saturated rings. The molecule has 1 heterocycles. The van der Waals surface area contributed by atoms with E-state index in [1.54, 1.807) is 12.1 Å². The smallest absolute Gasteiger partial charge is 0.340 e. The van der Waals surface area contributed by atoms with Gasteiger partial charge in [0.25, 0.3) is 0 Å². The minimum Gasteiger partial charge on any atom is -0.454 e. The number of aromatic nitrogens is 1. The van der Waals surface area contributed by atoms with Crippen molar-refractivity contribution >= 4 is 11.8 Å². The van der Waals surface area contributed by atoms with Crippen LogP contribution in [0.15, 0.2) is 42.6 Å². The van der Waals surface area contributed by atoms with Gasteiger partial charge in [0.1, 0.15) is 0 Å². The molecule has 0 aliphatic heterocycles. The number of aryl methyl sites for hydroxylation is 1. The van der Waals surface area contributed by atoms with Gasteiger partial charge < -0.3 is 4.74 Å². The fourth-order valence-corrected chi connectivity index (χ4v) is 3.26. The standard InChI is InChI=1S/C21H23NO3/c1-15-7-8-19(13-22-15)21(24)25-14-20(23)18-11-9-17(10-12-18)16-5-3-2-4-6-16/h7-13,16H,2-6,14H2,1H3. The molecule has 0 radical (unpaired) electrons. The molecular formula is C21H23NO3. The molecule has 0 N–H and O–H groups in total. The molecule has 1 saturated carbocycles. The molecule has 1 aliphatic carbocycles. The second kappa shape index (κ2) is 8.06. The van der Waals surface area contributed by atoms with Crippen molar-refractivity contribution in [2.75, 3.05) is 6.61 Å². The van der Waals surface area contributed by atoms with Crippen molar-refractivity contribution in [3.63, 3.8) is 0 Å². The molecule has 4 nitrogen and oxygen atoms in total. The number of carbonyl (C=O) groups excluding carboxylic acids is 2. The summed E-state index contributed by atoms with van der Waals surface area (Å²) in [7, 11) is 0. The lowest BCUT2D eigenvalue weighted by Crippen LogP contribution is -2.14. The molecule has 4 heteroatoms. The fourth-order valence-electron chi connectivity index (χ4n) is 3.26. The zero-order chi connectivity index (χ0) is 17.6. The van der Waals surface area contributed by atoms with Gasteiger partial charge in [-0.2, -0.15) is 0 Å². The number of rotatable bonds is 5. The summed E-state index contributed by atoms with van der Waals surface area (Å²) >= 11 is 0. The van der Waals surface area contributed by atoms with Gasteiger partial charge in [-0.15, -0.1) is 0 Å². The van der Waals surface area contributed by atoms with Crippen molar-refractivity contribution in [2.45, 2.75) is 44.9 Å². The lowest BCUT2D eigenvalue weighted by atomic mass is 9.84. The van der Waals surface area contributed by atoms with Crippen LogP contribution >= 0.6 is 0 Å². The highest BCUT2D eigenvalue weighted by molar-refractivity contribution is 5.99. The van der Waals surface area contributed by atoms with E-state index >= 15 is 0 Å². The summed E-state index contributed by atoms with van der Waals surface area (Å²) in [6.45, 7) is 1.59. The number of Topliss-reactive ketones (excluding diaryl/α,β-unsaturated/α-hetero) is 1. The Morgan fingerprint density at radius 1 is 1.00 bits per heavy atom. The van der Waals surface area contributed by atoms with Crippen molar-refractivity contribution in [3.05, 3.63) is 65.0 Å². The SMILES string of the molecule is Cc1ccc(C(=O)OCC(=O)c2ccc(C3CCCCC3)cc2)cn1. The molecule has 25 heavy (non-hydrogen) atoms. The normalized spacial score (nSPS) is 14.9. The minimum absolute atomic E-state index is 0.191. The first kappa shape index (κ1) is 17.3. The summed E-state index contributed by atoms with van der Waals surface area (Å²) in [5.41, 5.74) is 3.06. The van der Waals surface area contributed by atoms with Crippen LogP contribution in [0.25, 0.3) is 0 Å². The summed E-state index contributed by atoms with van der Waals surface area (Å²) in [5.74, 6) is -0.104. The van der Waals surface area contributed by atoms with Gasteiger partial charge in [0.2, 0.25) is 0 Å². The van der Waals surface area contributed by atoms with Gasteiger partial charge in [-0.1, -0.05) is 43.5 Å². The predicted molar refractivity (Wildman–Crippen MR) is 95.9 cm³/mol. The van der Waals surface area contributed by atoms with Crippen molar-refractivity contribution < 1.29 is 14.3 Å². The fraction of sp³-hybridized carbons (Fsp3) is 0.381. The average molecular weight is 337 g/mol. The number of ether oxygens (including phenoxy) is 1. The molecule has 3 rings (SSSR count). The third-order valence-corrected chi connectivity index (χ3v) is 4.79. The predicted octanol–water partition coefficient (Wildman–Crippen LogP) is 4.48. The summed E-state index contributed by atoms with van der Waals surface area (Å²) in [5, 5.41) is 0. The van der Waals surface area contributed by atoms with E-state index < -0.39 is 5.97 Å². The second-order valence-corrected chi connectivity index (χ2v) is 6.64. The number of carbonyl (C=O) groups is 2. The number of hydrogen-bond acceptors (Lipinski definition) is 4. The first-order valence-corrected chi connectivity index (χ1v) is 8.86. The van der Waals surface area contributed by atoms with Gasteiger partial charge in [-0.25, -0.2) is 4.79 Å². The lowest BCUT2D eigenvalue weighted by Gasteiger charge is -2.22. The molecule has 0 unspecified atom stereocenters. The van der Waals surface area contributed by atoms with Crippen molar-refractivity contribution in [2.24, 2.45) is 0 Å². The highest BCUT2D eigenvalue weighted by Crippen LogP contribution is 2.32. The molecule has 0 amide bonds. The molecule has 0 spiro atoms. The van der Waals surface area contributed by atoms with Crippen LogP contribution < -0.4 is 0 Å². The molecule has 0 saturated heterocycles. The van der Waals surface area contributed by atoms with E-state index in [1.165, 1.54) is 43.9 Å². The maximum absolute atomic E-state index is 12.2. The van der Waals surface area contributed by atoms with E-state index in [2.05, 4.69) is 4.98 Å². The van der Waals surface area contributed by atoms with Crippen LogP contribution in [0.3, 0.4) is 0 Å². The molecule has 1 aromatic heterocycles. The summed E-state index contributed by atoms with van der Waals surface area (Å²) in [6, 6.07) is 11.1. The number of esters is 1. The van der Waals surface area contributed by atoms with Gasteiger partial charge in [0, 0.05) is 17.5 Å². The monoisotopic (exact) mass is 337 g/mol. The van der Waals surface area contributed by atoms with Crippen LogP contribution in [0.2, 0.25) is 0 Å². The minimum atomic E-state index is -0.528. The lowest BCUT2D eigenvalue weighted by molar-refractivity contribution is 0.0474. The van der Waals surface area contributed by atoms with Crippen LogP contribution in [0.5, 0.6) is 0 Å². The maximum Gasteiger partial charge on any atom is 0.340 e. The molecular weight excluding hydrogens is 314 g/mol. The van der Waals surface area contributed by atoms with Gasteiger partial charge in [0.05, 0.1) is 5.56 Å². The Morgan fingerprint density at radius 2 is 1.68 bits per heavy atom. The Bertz CT molecular complexity index is 729. The Hall–Kier alpha value is -2.49. The van der Waals surface area contributed by atoms with Crippen LogP contribution in [0.4, 0.5) is 0 Å². The van der Waals surface area contributed by atoms with E-state index in [0.29, 0.717) is 17.0 Å². The molecule has 1 aromatic carbocycles. The van der Waals surface area contributed by atoms with Crippen LogP contribution in [0, 0.1) is 6.92 Å². The number of pyridine rings is 1. The van der Waals surface area contributed by atoms with Gasteiger partial charge in [0.15, 0.2) is 12.4 Å². The van der Waals surface area contributed by atoms with E-state index in [1.807, 2.05) is 31.2 Å². The van der Waals surface area contributed by atoms with Crippen LogP contribution in [-0.4, -0.2) is 23.3 Å². The largest absolute Gasteiger partial charge is 0.454 e. The van der Waals surface area contributed by atoms with Crippen molar-refractivity contribution in [3.8, 4) is 0 Å². The molecule has 1 aliphatic rings. The number of benzene rings is 1. The highest BCUT2D eigenvalue weighted by atomic mass is 16.5. The van der Waals surface area contributed by atoms with Crippen molar-refractivity contribution in [1.29, 1.82) is 0 Å². The van der Waals surface area contributed by atoms with E-state index in [-0.39, 0.29) is 12.4 Å².